The molecule has 134 valence electrons. The molecule has 1 aromatic heterocycles. The Morgan fingerprint density at radius 3 is 2.72 bits per heavy atom. The van der Waals surface area contributed by atoms with Crippen molar-refractivity contribution < 1.29 is 14.3 Å². The number of carbonyl (C=O) groups excluding carboxylic acids is 2. The van der Waals surface area contributed by atoms with Gasteiger partial charge in [-0.05, 0) is 32.0 Å². The number of thioether (sulfide) groups is 1. The number of benzene rings is 1. The number of aromatic nitrogens is 3. The molecule has 2 N–H and O–H groups in total. The molecular weight excluding hydrogens is 342 g/mol. The summed E-state index contributed by atoms with van der Waals surface area (Å²) in [7, 11) is 1.52. The van der Waals surface area contributed by atoms with Gasteiger partial charge in [-0.25, -0.2) is 0 Å². The smallest absolute Gasteiger partial charge is 0.234 e. The number of methoxy groups -OCH3 is 1. The first-order valence-electron chi connectivity index (χ1n) is 7.68. The van der Waals surface area contributed by atoms with Gasteiger partial charge in [0.15, 0.2) is 5.16 Å². The minimum Gasteiger partial charge on any atom is -0.495 e. The van der Waals surface area contributed by atoms with Crippen molar-refractivity contribution in [3.05, 3.63) is 24.5 Å². The maximum absolute atomic E-state index is 12.3. The molecule has 0 fully saturated rings. The van der Waals surface area contributed by atoms with E-state index >= 15 is 0 Å². The molecule has 0 aliphatic rings. The predicted molar refractivity (Wildman–Crippen MR) is 97.1 cm³/mol. The van der Waals surface area contributed by atoms with Crippen LogP contribution in [0, 0.1) is 0 Å². The molecule has 8 nitrogen and oxygen atoms in total. The van der Waals surface area contributed by atoms with Gasteiger partial charge in [0, 0.05) is 18.7 Å². The van der Waals surface area contributed by atoms with Gasteiger partial charge >= 0.3 is 0 Å². The Morgan fingerprint density at radius 2 is 2.08 bits per heavy atom. The van der Waals surface area contributed by atoms with Crippen molar-refractivity contribution in [3.8, 4) is 5.75 Å². The zero-order chi connectivity index (χ0) is 18.4. The largest absolute Gasteiger partial charge is 0.495 e. The maximum atomic E-state index is 12.3. The highest BCUT2D eigenvalue weighted by molar-refractivity contribution is 7.99. The van der Waals surface area contributed by atoms with Crippen LogP contribution in [0.1, 0.15) is 26.8 Å². The van der Waals surface area contributed by atoms with Gasteiger partial charge in [-0.1, -0.05) is 11.8 Å². The SMILES string of the molecule is COc1ccc(NC(C)=O)cc1NC(=O)CSc1nncn1C(C)C. The number of rotatable bonds is 7. The fourth-order valence-electron chi connectivity index (χ4n) is 2.09. The summed E-state index contributed by atoms with van der Waals surface area (Å²) in [5, 5.41) is 14.0. The van der Waals surface area contributed by atoms with Gasteiger partial charge in [0.25, 0.3) is 0 Å². The first kappa shape index (κ1) is 18.8. The summed E-state index contributed by atoms with van der Waals surface area (Å²) in [6.07, 6.45) is 1.64. The highest BCUT2D eigenvalue weighted by atomic mass is 32.2. The van der Waals surface area contributed by atoms with Crippen LogP contribution in [0.25, 0.3) is 0 Å². The normalized spacial score (nSPS) is 10.6. The lowest BCUT2D eigenvalue weighted by molar-refractivity contribution is -0.114. The molecule has 0 aliphatic heterocycles. The number of anilines is 2. The van der Waals surface area contributed by atoms with Crippen molar-refractivity contribution in [2.45, 2.75) is 32.0 Å². The van der Waals surface area contributed by atoms with Crippen LogP contribution in [0.15, 0.2) is 29.7 Å². The number of hydrogen-bond acceptors (Lipinski definition) is 6. The Kier molecular flexibility index (Phi) is 6.40. The van der Waals surface area contributed by atoms with Gasteiger partial charge in [-0.2, -0.15) is 0 Å². The monoisotopic (exact) mass is 363 g/mol. The summed E-state index contributed by atoms with van der Waals surface area (Å²) in [4.78, 5) is 23.4. The average molecular weight is 363 g/mol. The first-order chi connectivity index (χ1) is 11.9. The van der Waals surface area contributed by atoms with E-state index in [2.05, 4.69) is 20.8 Å². The highest BCUT2D eigenvalue weighted by Gasteiger charge is 2.13. The number of nitrogens with zero attached hydrogens (tertiary/aromatic N) is 3. The van der Waals surface area contributed by atoms with Crippen molar-refractivity contribution in [3.63, 3.8) is 0 Å². The van der Waals surface area contributed by atoms with Gasteiger partial charge in [-0.15, -0.1) is 10.2 Å². The summed E-state index contributed by atoms with van der Waals surface area (Å²) < 4.78 is 7.15. The van der Waals surface area contributed by atoms with E-state index in [0.717, 1.165) is 0 Å². The standard InChI is InChI=1S/C16H21N5O3S/c1-10(2)21-9-17-20-16(21)25-8-15(23)19-13-7-12(18-11(3)22)5-6-14(13)24-4/h5-7,9-10H,8H2,1-4H3,(H,18,22)(H,19,23). The second kappa shape index (κ2) is 8.52. The Hall–Kier alpha value is -2.55. The summed E-state index contributed by atoms with van der Waals surface area (Å²) in [6.45, 7) is 5.46. The maximum Gasteiger partial charge on any atom is 0.234 e. The van der Waals surface area contributed by atoms with Crippen LogP contribution in [-0.2, 0) is 9.59 Å². The van der Waals surface area contributed by atoms with Crippen molar-refractivity contribution in [1.82, 2.24) is 14.8 Å². The molecule has 2 rings (SSSR count). The average Bonchev–Trinajstić information content (AvgIpc) is 3.01. The first-order valence-corrected chi connectivity index (χ1v) is 8.67. The zero-order valence-corrected chi connectivity index (χ0v) is 15.4. The van der Waals surface area contributed by atoms with Gasteiger partial charge in [0.1, 0.15) is 12.1 Å². The second-order valence-electron chi connectivity index (χ2n) is 5.55. The van der Waals surface area contributed by atoms with Crippen LogP contribution in [0.3, 0.4) is 0 Å². The lowest BCUT2D eigenvalue weighted by atomic mass is 10.2. The summed E-state index contributed by atoms with van der Waals surface area (Å²) >= 11 is 1.30. The minimum absolute atomic E-state index is 0.179. The van der Waals surface area contributed by atoms with Crippen LogP contribution >= 0.6 is 11.8 Å². The molecule has 0 radical (unpaired) electrons. The van der Waals surface area contributed by atoms with Crippen molar-refractivity contribution >= 4 is 35.0 Å². The molecular formula is C16H21N5O3S. The summed E-state index contributed by atoms with van der Waals surface area (Å²) in [5.41, 5.74) is 1.07. The van der Waals surface area contributed by atoms with Crippen molar-refractivity contribution in [1.29, 1.82) is 0 Å². The molecule has 25 heavy (non-hydrogen) atoms. The van der Waals surface area contributed by atoms with Crippen LogP contribution in [0.2, 0.25) is 0 Å². The number of carbonyl (C=O) groups is 2. The number of amides is 2. The molecule has 0 atom stereocenters. The lowest BCUT2D eigenvalue weighted by Gasteiger charge is -2.13. The zero-order valence-electron chi connectivity index (χ0n) is 14.6. The van der Waals surface area contributed by atoms with Crippen LogP contribution in [0.5, 0.6) is 5.75 Å². The number of nitrogens with one attached hydrogen (secondary N) is 2. The number of ether oxygens (including phenoxy) is 1. The third-order valence-electron chi connectivity index (χ3n) is 3.22. The quantitative estimate of drug-likeness (QED) is 0.734. The van der Waals surface area contributed by atoms with Gasteiger partial charge in [-0.3, -0.25) is 9.59 Å². The van der Waals surface area contributed by atoms with E-state index < -0.39 is 0 Å². The highest BCUT2D eigenvalue weighted by Crippen LogP contribution is 2.28. The van der Waals surface area contributed by atoms with E-state index in [4.69, 9.17) is 4.74 Å². The Morgan fingerprint density at radius 1 is 1.32 bits per heavy atom. The minimum atomic E-state index is -0.207. The van der Waals surface area contributed by atoms with Crippen LogP contribution < -0.4 is 15.4 Å². The van der Waals surface area contributed by atoms with Gasteiger partial charge in [0.2, 0.25) is 11.8 Å². The van der Waals surface area contributed by atoms with Crippen molar-refractivity contribution in [2.75, 3.05) is 23.5 Å². The number of hydrogen-bond donors (Lipinski definition) is 2. The van der Waals surface area contributed by atoms with E-state index in [1.54, 1.807) is 24.5 Å². The fourth-order valence-corrected chi connectivity index (χ4v) is 2.94. The Bertz CT molecular complexity index is 760. The van der Waals surface area contributed by atoms with E-state index in [9.17, 15) is 9.59 Å². The molecule has 0 saturated heterocycles. The summed E-state index contributed by atoms with van der Waals surface area (Å²) in [5.74, 6) is 0.296. The molecule has 2 aromatic rings. The second-order valence-corrected chi connectivity index (χ2v) is 6.49. The van der Waals surface area contributed by atoms with E-state index in [1.165, 1.54) is 25.8 Å². The van der Waals surface area contributed by atoms with E-state index in [1.807, 2.05) is 18.4 Å². The Labute approximate surface area is 150 Å². The molecule has 0 spiro atoms. The molecule has 2 amide bonds. The molecule has 1 aromatic carbocycles. The van der Waals surface area contributed by atoms with E-state index in [-0.39, 0.29) is 23.6 Å². The third-order valence-corrected chi connectivity index (χ3v) is 4.18. The topological polar surface area (TPSA) is 98.1 Å². The summed E-state index contributed by atoms with van der Waals surface area (Å²) in [6, 6.07) is 5.26. The van der Waals surface area contributed by atoms with Crippen molar-refractivity contribution in [2.24, 2.45) is 0 Å². The van der Waals surface area contributed by atoms with E-state index in [0.29, 0.717) is 22.3 Å². The lowest BCUT2D eigenvalue weighted by Crippen LogP contribution is -2.16. The molecule has 0 aliphatic carbocycles. The van der Waals surface area contributed by atoms with Crippen LogP contribution in [0.4, 0.5) is 11.4 Å². The predicted octanol–water partition coefficient (Wildman–Crippen LogP) is 2.56. The van der Waals surface area contributed by atoms with Crippen LogP contribution in [-0.4, -0.2) is 39.4 Å². The molecule has 1 heterocycles. The molecule has 0 saturated carbocycles. The third kappa shape index (κ3) is 5.21. The fraction of sp³-hybridized carbons (Fsp3) is 0.375. The molecule has 0 unspecified atom stereocenters. The molecule has 9 heteroatoms. The molecule has 0 bridgehead atoms. The Balaban J connectivity index is 2.04. The van der Waals surface area contributed by atoms with Gasteiger partial charge < -0.3 is 19.9 Å². The van der Waals surface area contributed by atoms with Gasteiger partial charge in [0.05, 0.1) is 18.6 Å².